The first-order valence-corrected chi connectivity index (χ1v) is 5.38. The van der Waals surface area contributed by atoms with Gasteiger partial charge in [0.2, 0.25) is 0 Å². The number of hydrogen-bond donors (Lipinski definition) is 0. The number of rotatable bonds is 5. The van der Waals surface area contributed by atoms with Gasteiger partial charge in [-0.25, -0.2) is 4.79 Å². The monoisotopic (exact) mass is 288 g/mol. The molecule has 8 heteroatoms. The molecule has 3 nitrogen and oxygen atoms in total. The summed E-state index contributed by atoms with van der Waals surface area (Å²) in [5.74, 6) is -5.67. The maximum absolute atomic E-state index is 13.1. The van der Waals surface area contributed by atoms with Gasteiger partial charge in [-0.2, -0.15) is 22.0 Å². The molecule has 0 spiro atoms. The first-order valence-electron chi connectivity index (χ1n) is 5.38. The third-order valence-electron chi connectivity index (χ3n) is 2.89. The number of hydrogen-bond acceptors (Lipinski definition) is 3. The molecule has 2 atom stereocenters. The van der Waals surface area contributed by atoms with Crippen molar-refractivity contribution in [3.63, 3.8) is 0 Å². The van der Waals surface area contributed by atoms with Gasteiger partial charge in [-0.05, 0) is 13.8 Å². The maximum atomic E-state index is 13.1. The Kier molecular flexibility index (Phi) is 3.96. The molecule has 0 saturated carbocycles. The van der Waals surface area contributed by atoms with E-state index < -0.39 is 29.8 Å². The molecular weight excluding hydrogens is 275 g/mol. The zero-order valence-electron chi connectivity index (χ0n) is 10.3. The van der Waals surface area contributed by atoms with Crippen LogP contribution in [-0.2, 0) is 14.3 Å². The van der Waals surface area contributed by atoms with Crippen molar-refractivity contribution in [2.75, 3.05) is 6.61 Å². The molecule has 0 N–H and O–H groups in total. The Morgan fingerprint density at radius 3 is 2.32 bits per heavy atom. The van der Waals surface area contributed by atoms with Crippen molar-refractivity contribution in [1.29, 1.82) is 0 Å². The van der Waals surface area contributed by atoms with Gasteiger partial charge in [0, 0.05) is 12.0 Å². The van der Waals surface area contributed by atoms with E-state index in [0.29, 0.717) is 6.92 Å². The van der Waals surface area contributed by atoms with E-state index in [2.05, 4.69) is 16.1 Å². The summed E-state index contributed by atoms with van der Waals surface area (Å²) >= 11 is 0. The van der Waals surface area contributed by atoms with Crippen molar-refractivity contribution in [3.05, 3.63) is 12.2 Å². The van der Waals surface area contributed by atoms with Gasteiger partial charge in [0.05, 0.1) is 12.7 Å². The average molecular weight is 288 g/mol. The van der Waals surface area contributed by atoms with Crippen molar-refractivity contribution >= 4 is 5.97 Å². The van der Waals surface area contributed by atoms with Gasteiger partial charge >= 0.3 is 18.1 Å². The van der Waals surface area contributed by atoms with Gasteiger partial charge in [0.1, 0.15) is 0 Å². The van der Waals surface area contributed by atoms with Gasteiger partial charge in [0.15, 0.2) is 5.60 Å². The van der Waals surface area contributed by atoms with Crippen LogP contribution in [-0.4, -0.2) is 36.4 Å². The molecule has 19 heavy (non-hydrogen) atoms. The second-order valence-corrected chi connectivity index (χ2v) is 4.49. The van der Waals surface area contributed by atoms with Crippen LogP contribution in [0.25, 0.3) is 0 Å². The molecule has 1 rings (SSSR count). The molecule has 0 aromatic carbocycles. The lowest BCUT2D eigenvalue weighted by molar-refractivity contribution is -0.303. The van der Waals surface area contributed by atoms with Crippen molar-refractivity contribution < 1.29 is 36.2 Å². The minimum atomic E-state index is -5.68. The lowest BCUT2D eigenvalue weighted by atomic mass is 9.97. The van der Waals surface area contributed by atoms with Crippen molar-refractivity contribution in [3.8, 4) is 0 Å². The fourth-order valence-corrected chi connectivity index (χ4v) is 1.54. The molecule has 1 saturated heterocycles. The van der Waals surface area contributed by atoms with Gasteiger partial charge in [-0.1, -0.05) is 6.58 Å². The normalized spacial score (nSPS) is 27.0. The van der Waals surface area contributed by atoms with Gasteiger partial charge in [-0.3, -0.25) is 0 Å². The van der Waals surface area contributed by atoms with Crippen molar-refractivity contribution in [1.82, 2.24) is 0 Å². The standard InChI is InChI=1S/C11H13F5O3/c1-6(2)8(17)18-5-4-7-9(3,19-7)10(12,13)11(14,15)16/h7H,1,4-5H2,2-3H3. The summed E-state index contributed by atoms with van der Waals surface area (Å²) in [6.07, 6.45) is -7.21. The third-order valence-corrected chi connectivity index (χ3v) is 2.89. The van der Waals surface area contributed by atoms with E-state index in [4.69, 9.17) is 0 Å². The number of ether oxygens (including phenoxy) is 2. The predicted molar refractivity (Wildman–Crippen MR) is 54.7 cm³/mol. The Labute approximate surface area is 106 Å². The largest absolute Gasteiger partial charge is 0.462 e. The Hall–Kier alpha value is -1.18. The first kappa shape index (κ1) is 15.9. The van der Waals surface area contributed by atoms with Crippen LogP contribution in [0.2, 0.25) is 0 Å². The van der Waals surface area contributed by atoms with E-state index in [1.165, 1.54) is 6.92 Å². The SMILES string of the molecule is C=C(C)C(=O)OCCC1OC1(C)C(F)(F)C(F)(F)F. The molecule has 0 aromatic rings. The van der Waals surface area contributed by atoms with E-state index in [1.54, 1.807) is 0 Å². The van der Waals surface area contributed by atoms with Gasteiger partial charge in [-0.15, -0.1) is 0 Å². The second kappa shape index (κ2) is 4.73. The Bertz CT molecular complexity index is 390. The smallest absolute Gasteiger partial charge is 0.456 e. The van der Waals surface area contributed by atoms with Crippen LogP contribution in [0, 0.1) is 0 Å². The molecule has 0 aromatic heterocycles. The van der Waals surface area contributed by atoms with Gasteiger partial charge in [0.25, 0.3) is 0 Å². The van der Waals surface area contributed by atoms with Crippen molar-refractivity contribution in [2.45, 2.75) is 44.1 Å². The van der Waals surface area contributed by atoms with E-state index in [1.807, 2.05) is 0 Å². The molecule has 1 aliphatic heterocycles. The molecular formula is C11H13F5O3. The fourth-order valence-electron chi connectivity index (χ4n) is 1.54. The summed E-state index contributed by atoms with van der Waals surface area (Å²) in [7, 11) is 0. The number of esters is 1. The van der Waals surface area contributed by atoms with Crippen LogP contribution >= 0.6 is 0 Å². The van der Waals surface area contributed by atoms with E-state index in [0.717, 1.165) is 0 Å². The number of carbonyl (C=O) groups excluding carboxylic acids is 1. The summed E-state index contributed by atoms with van der Waals surface area (Å²) in [6, 6.07) is 0. The minimum absolute atomic E-state index is 0.111. The number of epoxide rings is 1. The van der Waals surface area contributed by atoms with Crippen molar-refractivity contribution in [2.24, 2.45) is 0 Å². The second-order valence-electron chi connectivity index (χ2n) is 4.49. The van der Waals surface area contributed by atoms with Crippen LogP contribution < -0.4 is 0 Å². The number of halogens is 5. The lowest BCUT2D eigenvalue weighted by Crippen LogP contribution is -2.49. The van der Waals surface area contributed by atoms with E-state index in [9.17, 15) is 26.7 Å². The van der Waals surface area contributed by atoms with Gasteiger partial charge < -0.3 is 9.47 Å². The highest BCUT2D eigenvalue weighted by Crippen LogP contribution is 2.56. The molecule has 110 valence electrons. The van der Waals surface area contributed by atoms with E-state index >= 15 is 0 Å². The molecule has 0 radical (unpaired) electrons. The van der Waals surface area contributed by atoms with Crippen LogP contribution in [0.5, 0.6) is 0 Å². The van der Waals surface area contributed by atoms with Crippen LogP contribution in [0.4, 0.5) is 22.0 Å². The maximum Gasteiger partial charge on any atom is 0.456 e. The highest BCUT2D eigenvalue weighted by atomic mass is 19.4. The summed E-state index contributed by atoms with van der Waals surface area (Å²) in [5, 5.41) is 0. The van der Waals surface area contributed by atoms with Crippen LogP contribution in [0.3, 0.4) is 0 Å². The molecule has 0 bridgehead atoms. The summed E-state index contributed by atoms with van der Waals surface area (Å²) in [6.45, 7) is 5.06. The third kappa shape index (κ3) is 2.88. The highest BCUT2D eigenvalue weighted by molar-refractivity contribution is 5.86. The Morgan fingerprint density at radius 2 is 1.89 bits per heavy atom. The Balaban J connectivity index is 2.50. The average Bonchev–Trinajstić information content (AvgIpc) is 2.89. The zero-order chi connectivity index (χ0) is 15.1. The predicted octanol–water partition coefficient (Wildman–Crippen LogP) is 2.85. The van der Waals surface area contributed by atoms with Crippen LogP contribution in [0.1, 0.15) is 20.3 Å². The molecule has 0 amide bonds. The first-order chi connectivity index (χ1) is 8.43. The number of alkyl halides is 5. The quantitative estimate of drug-likeness (QED) is 0.338. The van der Waals surface area contributed by atoms with Crippen LogP contribution in [0.15, 0.2) is 12.2 Å². The zero-order valence-corrected chi connectivity index (χ0v) is 10.3. The molecule has 2 unspecified atom stereocenters. The summed E-state index contributed by atoms with van der Waals surface area (Å²) in [5.41, 5.74) is -2.49. The summed E-state index contributed by atoms with van der Waals surface area (Å²) < 4.78 is 71.8. The minimum Gasteiger partial charge on any atom is -0.462 e. The molecule has 1 heterocycles. The lowest BCUT2D eigenvalue weighted by Gasteiger charge is -2.23. The highest BCUT2D eigenvalue weighted by Gasteiger charge is 2.78. The molecule has 1 fully saturated rings. The summed E-state index contributed by atoms with van der Waals surface area (Å²) in [4.78, 5) is 11.0. The molecule has 0 aliphatic carbocycles. The topological polar surface area (TPSA) is 38.8 Å². The fraction of sp³-hybridized carbons (Fsp3) is 0.727. The Morgan fingerprint density at radius 1 is 1.37 bits per heavy atom. The molecule has 1 aliphatic rings. The number of carbonyl (C=O) groups is 1. The van der Waals surface area contributed by atoms with E-state index in [-0.39, 0.29) is 18.6 Å².